The van der Waals surface area contributed by atoms with E-state index < -0.39 is 12.0 Å². The van der Waals surface area contributed by atoms with Gasteiger partial charge in [0.15, 0.2) is 0 Å². The van der Waals surface area contributed by atoms with Gasteiger partial charge in [0.2, 0.25) is 0 Å². The van der Waals surface area contributed by atoms with Crippen LogP contribution in [0.4, 0.5) is 4.79 Å². The Kier molecular flexibility index (Phi) is 2.86. The second-order valence-corrected chi connectivity index (χ2v) is 2.55. The van der Waals surface area contributed by atoms with E-state index in [0.717, 1.165) is 0 Å². The largest absolute Gasteiger partial charge is 0.478 e. The van der Waals surface area contributed by atoms with Crippen LogP contribution in [-0.4, -0.2) is 30.3 Å². The predicted molar refractivity (Wildman–Crippen MR) is 42.8 cm³/mol. The number of aliphatic carboxylic acids is 1. The van der Waals surface area contributed by atoms with Crippen molar-refractivity contribution in [2.45, 2.75) is 6.42 Å². The van der Waals surface area contributed by atoms with Gasteiger partial charge >= 0.3 is 12.0 Å². The number of carboxylic acids is 1. The minimum Gasteiger partial charge on any atom is -0.478 e. The lowest BCUT2D eigenvalue weighted by molar-refractivity contribution is -0.133. The Hall–Kier alpha value is -1.56. The van der Waals surface area contributed by atoms with Gasteiger partial charge in [-0.05, 0) is 0 Å². The van der Waals surface area contributed by atoms with Gasteiger partial charge in [0, 0.05) is 12.1 Å². The molecule has 0 bridgehead atoms. The van der Waals surface area contributed by atoms with Crippen LogP contribution in [-0.2, 0) is 9.53 Å². The third-order valence-electron chi connectivity index (χ3n) is 1.64. The van der Waals surface area contributed by atoms with Crippen LogP contribution in [0.3, 0.4) is 0 Å². The molecule has 2 amide bonds. The molecule has 0 spiro atoms. The molecule has 0 aromatic carbocycles. The summed E-state index contributed by atoms with van der Waals surface area (Å²) in [5, 5.41) is 11.0. The Morgan fingerprint density at radius 1 is 1.54 bits per heavy atom. The van der Waals surface area contributed by atoms with Crippen LogP contribution in [0.2, 0.25) is 0 Å². The highest BCUT2D eigenvalue weighted by molar-refractivity contribution is 5.89. The Balaban J connectivity index is 2.83. The number of hydrogen-bond acceptors (Lipinski definition) is 3. The second kappa shape index (κ2) is 3.90. The topological polar surface area (TPSA) is 102 Å². The quantitative estimate of drug-likeness (QED) is 0.536. The number of rotatable bonds is 2. The summed E-state index contributed by atoms with van der Waals surface area (Å²) in [6.07, 6.45) is 0.366. The Morgan fingerprint density at radius 2 is 2.23 bits per heavy atom. The van der Waals surface area contributed by atoms with E-state index in [9.17, 15) is 9.59 Å². The van der Waals surface area contributed by atoms with Crippen LogP contribution in [0.25, 0.3) is 0 Å². The lowest BCUT2D eigenvalue weighted by Crippen LogP contribution is -2.33. The SMILES string of the molecule is NC(=O)NC1=C(C(=O)O)COCC1. The number of primary amides is 1. The highest BCUT2D eigenvalue weighted by Crippen LogP contribution is 2.12. The van der Waals surface area contributed by atoms with E-state index in [4.69, 9.17) is 15.6 Å². The normalized spacial score (nSPS) is 16.9. The molecule has 0 radical (unpaired) electrons. The molecule has 0 fully saturated rings. The number of amides is 2. The fourth-order valence-electron chi connectivity index (χ4n) is 1.06. The van der Waals surface area contributed by atoms with Gasteiger partial charge in [0.25, 0.3) is 0 Å². The first-order valence-electron chi connectivity index (χ1n) is 3.70. The molecule has 0 saturated heterocycles. The van der Waals surface area contributed by atoms with Crippen LogP contribution < -0.4 is 11.1 Å². The van der Waals surface area contributed by atoms with Crippen LogP contribution >= 0.6 is 0 Å². The van der Waals surface area contributed by atoms with Gasteiger partial charge in [0.1, 0.15) is 0 Å². The number of ether oxygens (including phenoxy) is 1. The number of nitrogens with one attached hydrogen (secondary N) is 1. The lowest BCUT2D eigenvalue weighted by atomic mass is 10.1. The molecule has 1 heterocycles. The van der Waals surface area contributed by atoms with E-state index in [1.807, 2.05) is 0 Å². The molecule has 6 heteroatoms. The average Bonchev–Trinajstić information content (AvgIpc) is 2.03. The monoisotopic (exact) mass is 186 g/mol. The summed E-state index contributed by atoms with van der Waals surface area (Å²) in [5.74, 6) is -1.09. The summed E-state index contributed by atoms with van der Waals surface area (Å²) in [7, 11) is 0. The summed E-state index contributed by atoms with van der Waals surface area (Å²) in [5.41, 5.74) is 5.27. The molecule has 0 unspecified atom stereocenters. The number of hydrogen-bond donors (Lipinski definition) is 3. The van der Waals surface area contributed by atoms with E-state index in [2.05, 4.69) is 5.32 Å². The zero-order valence-electron chi connectivity index (χ0n) is 6.87. The molecular formula is C7H10N2O4. The highest BCUT2D eigenvalue weighted by Gasteiger charge is 2.19. The summed E-state index contributed by atoms with van der Waals surface area (Å²) in [6, 6.07) is -0.754. The average molecular weight is 186 g/mol. The maximum absolute atomic E-state index is 10.6. The lowest BCUT2D eigenvalue weighted by Gasteiger charge is -2.17. The number of nitrogens with two attached hydrogens (primary N) is 1. The van der Waals surface area contributed by atoms with Crippen LogP contribution in [0.1, 0.15) is 6.42 Å². The van der Waals surface area contributed by atoms with Crippen molar-refractivity contribution >= 4 is 12.0 Å². The molecule has 72 valence electrons. The fourth-order valence-corrected chi connectivity index (χ4v) is 1.06. The van der Waals surface area contributed by atoms with Crippen LogP contribution in [0.15, 0.2) is 11.3 Å². The zero-order chi connectivity index (χ0) is 9.84. The maximum atomic E-state index is 10.6. The van der Waals surface area contributed by atoms with E-state index in [1.54, 1.807) is 0 Å². The van der Waals surface area contributed by atoms with Gasteiger partial charge in [-0.25, -0.2) is 9.59 Å². The van der Waals surface area contributed by atoms with Crippen molar-refractivity contribution in [3.63, 3.8) is 0 Å². The molecule has 0 saturated carbocycles. The van der Waals surface area contributed by atoms with Gasteiger partial charge < -0.3 is 20.9 Å². The highest BCUT2D eigenvalue weighted by atomic mass is 16.5. The molecule has 13 heavy (non-hydrogen) atoms. The first-order valence-corrected chi connectivity index (χ1v) is 3.70. The van der Waals surface area contributed by atoms with Crippen molar-refractivity contribution in [2.24, 2.45) is 5.73 Å². The fraction of sp³-hybridized carbons (Fsp3) is 0.429. The molecule has 0 atom stereocenters. The zero-order valence-corrected chi connectivity index (χ0v) is 6.87. The minimum atomic E-state index is -1.09. The second-order valence-electron chi connectivity index (χ2n) is 2.55. The van der Waals surface area contributed by atoms with Crippen molar-refractivity contribution in [1.29, 1.82) is 0 Å². The number of carbonyl (C=O) groups is 2. The van der Waals surface area contributed by atoms with Crippen LogP contribution in [0, 0.1) is 0 Å². The summed E-state index contributed by atoms with van der Waals surface area (Å²) in [6.45, 7) is 0.400. The smallest absolute Gasteiger partial charge is 0.335 e. The Bertz CT molecular complexity index is 272. The van der Waals surface area contributed by atoms with Gasteiger partial charge in [-0.15, -0.1) is 0 Å². The first-order chi connectivity index (χ1) is 6.11. The van der Waals surface area contributed by atoms with Crippen molar-refractivity contribution < 1.29 is 19.4 Å². The molecule has 1 aliphatic heterocycles. The van der Waals surface area contributed by atoms with Gasteiger partial charge in [-0.2, -0.15) is 0 Å². The van der Waals surface area contributed by atoms with E-state index in [0.29, 0.717) is 18.7 Å². The van der Waals surface area contributed by atoms with Crippen molar-refractivity contribution in [2.75, 3.05) is 13.2 Å². The maximum Gasteiger partial charge on any atom is 0.335 e. The Labute approximate surface area is 74.4 Å². The third-order valence-corrected chi connectivity index (χ3v) is 1.64. The molecule has 0 aromatic heterocycles. The van der Waals surface area contributed by atoms with Gasteiger partial charge in [0.05, 0.1) is 18.8 Å². The number of carboxylic acid groups (broad SMARTS) is 1. The van der Waals surface area contributed by atoms with Crippen molar-refractivity contribution in [1.82, 2.24) is 5.32 Å². The first kappa shape index (κ1) is 9.53. The molecule has 1 aliphatic rings. The Morgan fingerprint density at radius 3 is 2.77 bits per heavy atom. The summed E-state index contributed by atoms with van der Waals surface area (Å²) < 4.78 is 4.92. The molecule has 0 aliphatic carbocycles. The molecule has 4 N–H and O–H groups in total. The molecule has 1 rings (SSSR count). The molecular weight excluding hydrogens is 176 g/mol. The van der Waals surface area contributed by atoms with Crippen molar-refractivity contribution in [3.05, 3.63) is 11.3 Å². The van der Waals surface area contributed by atoms with Crippen molar-refractivity contribution in [3.8, 4) is 0 Å². The summed E-state index contributed by atoms with van der Waals surface area (Å²) >= 11 is 0. The van der Waals surface area contributed by atoms with E-state index >= 15 is 0 Å². The standard InChI is InChI=1S/C7H10N2O4/c8-7(12)9-5-1-2-13-3-4(5)6(10)11/h1-3H2,(H,10,11)(H3,8,9,12). The van der Waals surface area contributed by atoms with E-state index in [1.165, 1.54) is 0 Å². The third kappa shape index (κ3) is 2.45. The van der Waals surface area contributed by atoms with Gasteiger partial charge in [-0.3, -0.25) is 0 Å². The van der Waals surface area contributed by atoms with E-state index in [-0.39, 0.29) is 12.2 Å². The molecule has 0 aromatic rings. The number of carbonyl (C=O) groups excluding carboxylic acids is 1. The number of urea groups is 1. The summed E-state index contributed by atoms with van der Waals surface area (Å²) in [4.78, 5) is 21.1. The van der Waals surface area contributed by atoms with Gasteiger partial charge in [-0.1, -0.05) is 0 Å². The minimum absolute atomic E-state index is 0.00491. The predicted octanol–water partition coefficient (Wildman–Crippen LogP) is -0.586. The molecule has 6 nitrogen and oxygen atoms in total. The van der Waals surface area contributed by atoms with Crippen LogP contribution in [0.5, 0.6) is 0 Å².